The summed E-state index contributed by atoms with van der Waals surface area (Å²) in [5, 5.41) is 13.3. The van der Waals surface area contributed by atoms with Crippen molar-refractivity contribution in [1.82, 2.24) is 14.7 Å². The van der Waals surface area contributed by atoms with Crippen LogP contribution in [0.15, 0.2) is 12.4 Å². The van der Waals surface area contributed by atoms with Crippen LogP contribution in [-0.4, -0.2) is 45.9 Å². The monoisotopic (exact) mass is 237 g/mol. The second kappa shape index (κ2) is 4.87. The van der Waals surface area contributed by atoms with Crippen molar-refractivity contribution in [3.05, 3.63) is 18.0 Å². The van der Waals surface area contributed by atoms with Crippen molar-refractivity contribution in [3.63, 3.8) is 0 Å². The Labute approximate surface area is 101 Å². The Morgan fingerprint density at radius 3 is 3.06 bits per heavy atom. The smallest absolute Gasteiger partial charge is 0.310 e. The molecule has 2 heterocycles. The number of nitrogens with zero attached hydrogens (tertiary/aromatic N) is 3. The first-order valence-corrected chi connectivity index (χ1v) is 6.03. The van der Waals surface area contributed by atoms with Crippen LogP contribution in [0.3, 0.4) is 0 Å². The largest absolute Gasteiger partial charge is 0.481 e. The van der Waals surface area contributed by atoms with Gasteiger partial charge in [-0.3, -0.25) is 9.48 Å². The molecule has 17 heavy (non-hydrogen) atoms. The Morgan fingerprint density at radius 1 is 1.65 bits per heavy atom. The van der Waals surface area contributed by atoms with Crippen LogP contribution in [0.1, 0.15) is 37.3 Å². The van der Waals surface area contributed by atoms with E-state index < -0.39 is 11.9 Å². The van der Waals surface area contributed by atoms with Crippen molar-refractivity contribution >= 4 is 5.97 Å². The molecular weight excluding hydrogens is 218 g/mol. The Bertz CT molecular complexity index is 402. The number of hydrogen-bond donors (Lipinski definition) is 1. The third-order valence-corrected chi connectivity index (χ3v) is 3.47. The molecule has 1 aliphatic rings. The van der Waals surface area contributed by atoms with Crippen molar-refractivity contribution in [2.45, 2.75) is 31.7 Å². The van der Waals surface area contributed by atoms with Crippen molar-refractivity contribution in [3.8, 4) is 0 Å². The first-order valence-electron chi connectivity index (χ1n) is 6.03. The highest BCUT2D eigenvalue weighted by molar-refractivity contribution is 5.75. The minimum absolute atomic E-state index is 0.378. The summed E-state index contributed by atoms with van der Waals surface area (Å²) in [7, 11) is 2.11. The lowest BCUT2D eigenvalue weighted by atomic mass is 10.1. The van der Waals surface area contributed by atoms with Gasteiger partial charge in [-0.15, -0.1) is 0 Å². The number of likely N-dealkylation sites (tertiary alicyclic amines) is 1. The van der Waals surface area contributed by atoms with Crippen LogP contribution < -0.4 is 0 Å². The second-order valence-electron chi connectivity index (χ2n) is 4.87. The molecule has 1 aliphatic heterocycles. The van der Waals surface area contributed by atoms with Crippen LogP contribution in [0.2, 0.25) is 0 Å². The molecule has 1 saturated heterocycles. The zero-order chi connectivity index (χ0) is 12.4. The molecule has 0 aliphatic carbocycles. The number of likely N-dealkylation sites (N-methyl/N-ethyl adjacent to an activating group) is 1. The molecular formula is C12H19N3O2. The second-order valence-corrected chi connectivity index (χ2v) is 4.87. The van der Waals surface area contributed by atoms with Gasteiger partial charge in [0.15, 0.2) is 0 Å². The van der Waals surface area contributed by atoms with E-state index in [9.17, 15) is 4.79 Å². The van der Waals surface area contributed by atoms with E-state index in [0.29, 0.717) is 6.04 Å². The standard InChI is InChI=1S/C12H19N3O2/c1-9(12(16)17)10-6-13-15(7-10)11-4-3-5-14(2)8-11/h6-7,9,11H,3-5,8H2,1-2H3,(H,16,17). The van der Waals surface area contributed by atoms with E-state index in [4.69, 9.17) is 5.11 Å². The minimum Gasteiger partial charge on any atom is -0.481 e. The number of hydrogen-bond acceptors (Lipinski definition) is 3. The fourth-order valence-electron chi connectivity index (χ4n) is 2.27. The van der Waals surface area contributed by atoms with Crippen molar-refractivity contribution in [2.75, 3.05) is 20.1 Å². The van der Waals surface area contributed by atoms with E-state index in [1.54, 1.807) is 13.1 Å². The predicted molar refractivity (Wildman–Crippen MR) is 64.0 cm³/mol. The fourth-order valence-corrected chi connectivity index (χ4v) is 2.27. The molecule has 1 aromatic rings. The molecule has 2 rings (SSSR count). The maximum atomic E-state index is 10.9. The molecule has 0 aromatic carbocycles. The highest BCUT2D eigenvalue weighted by Crippen LogP contribution is 2.22. The first-order chi connectivity index (χ1) is 8.08. The maximum Gasteiger partial charge on any atom is 0.310 e. The lowest BCUT2D eigenvalue weighted by Gasteiger charge is -2.29. The van der Waals surface area contributed by atoms with E-state index in [1.807, 2.05) is 10.9 Å². The van der Waals surface area contributed by atoms with Crippen LogP contribution in [0, 0.1) is 0 Å². The van der Waals surface area contributed by atoms with Crippen molar-refractivity contribution in [1.29, 1.82) is 0 Å². The average Bonchev–Trinajstić information content (AvgIpc) is 2.77. The van der Waals surface area contributed by atoms with E-state index in [-0.39, 0.29) is 0 Å². The van der Waals surface area contributed by atoms with Gasteiger partial charge in [0.25, 0.3) is 0 Å². The Hall–Kier alpha value is -1.36. The molecule has 5 nitrogen and oxygen atoms in total. The summed E-state index contributed by atoms with van der Waals surface area (Å²) in [6.45, 7) is 3.81. The van der Waals surface area contributed by atoms with E-state index >= 15 is 0 Å². The number of piperidine rings is 1. The maximum absolute atomic E-state index is 10.9. The van der Waals surface area contributed by atoms with E-state index in [0.717, 1.165) is 25.1 Å². The number of rotatable bonds is 3. The van der Waals surface area contributed by atoms with Gasteiger partial charge in [-0.2, -0.15) is 5.10 Å². The van der Waals surface area contributed by atoms with E-state index in [1.165, 1.54) is 6.42 Å². The number of carbonyl (C=O) groups is 1. The molecule has 0 saturated carbocycles. The number of aliphatic carboxylic acids is 1. The van der Waals surface area contributed by atoms with Gasteiger partial charge >= 0.3 is 5.97 Å². The molecule has 1 fully saturated rings. The highest BCUT2D eigenvalue weighted by Gasteiger charge is 2.21. The van der Waals surface area contributed by atoms with Crippen LogP contribution in [0.4, 0.5) is 0 Å². The Morgan fingerprint density at radius 2 is 2.41 bits per heavy atom. The van der Waals surface area contributed by atoms with Gasteiger partial charge in [0.2, 0.25) is 0 Å². The zero-order valence-corrected chi connectivity index (χ0v) is 10.3. The van der Waals surface area contributed by atoms with Gasteiger partial charge in [-0.25, -0.2) is 0 Å². The third-order valence-electron chi connectivity index (χ3n) is 3.47. The lowest BCUT2D eigenvalue weighted by molar-refractivity contribution is -0.138. The van der Waals surface area contributed by atoms with E-state index in [2.05, 4.69) is 17.0 Å². The fraction of sp³-hybridized carbons (Fsp3) is 0.667. The molecule has 1 N–H and O–H groups in total. The van der Waals surface area contributed by atoms with Gasteiger partial charge in [-0.1, -0.05) is 0 Å². The summed E-state index contributed by atoms with van der Waals surface area (Å²) in [4.78, 5) is 13.2. The van der Waals surface area contributed by atoms with Crippen LogP contribution in [-0.2, 0) is 4.79 Å². The van der Waals surface area contributed by atoms with Crippen LogP contribution in [0.25, 0.3) is 0 Å². The molecule has 0 radical (unpaired) electrons. The van der Waals surface area contributed by atoms with Gasteiger partial charge < -0.3 is 10.0 Å². The molecule has 0 bridgehead atoms. The summed E-state index contributed by atoms with van der Waals surface area (Å²) in [6, 6.07) is 0.378. The molecule has 2 atom stereocenters. The molecule has 1 aromatic heterocycles. The Balaban J connectivity index is 2.09. The van der Waals surface area contributed by atoms with Crippen molar-refractivity contribution in [2.24, 2.45) is 0 Å². The topological polar surface area (TPSA) is 58.4 Å². The van der Waals surface area contributed by atoms with Crippen molar-refractivity contribution < 1.29 is 9.90 Å². The summed E-state index contributed by atoms with van der Waals surface area (Å²) < 4.78 is 1.92. The quantitative estimate of drug-likeness (QED) is 0.861. The lowest BCUT2D eigenvalue weighted by Crippen LogP contribution is -2.33. The Kier molecular flexibility index (Phi) is 3.47. The predicted octanol–water partition coefficient (Wildman–Crippen LogP) is 1.34. The molecule has 94 valence electrons. The number of aromatic nitrogens is 2. The molecule has 0 spiro atoms. The summed E-state index contributed by atoms with van der Waals surface area (Å²) in [6.07, 6.45) is 5.84. The normalized spacial score (nSPS) is 23.5. The molecule has 5 heteroatoms. The average molecular weight is 237 g/mol. The zero-order valence-electron chi connectivity index (χ0n) is 10.3. The summed E-state index contributed by atoms with van der Waals surface area (Å²) in [5.41, 5.74) is 0.783. The number of carboxylic acid groups (broad SMARTS) is 1. The van der Waals surface area contributed by atoms with Crippen LogP contribution in [0.5, 0.6) is 0 Å². The van der Waals surface area contributed by atoms with Gasteiger partial charge in [-0.05, 0) is 33.4 Å². The SMILES string of the molecule is CC(C(=O)O)c1cnn(C2CCCN(C)C2)c1. The number of carboxylic acids is 1. The van der Waals surface area contributed by atoms with Crippen LogP contribution >= 0.6 is 0 Å². The third kappa shape index (κ3) is 2.66. The van der Waals surface area contributed by atoms with Gasteiger partial charge in [0.1, 0.15) is 0 Å². The van der Waals surface area contributed by atoms with Gasteiger partial charge in [0, 0.05) is 18.3 Å². The van der Waals surface area contributed by atoms with Gasteiger partial charge in [0.05, 0.1) is 18.2 Å². The molecule has 0 amide bonds. The summed E-state index contributed by atoms with van der Waals surface area (Å²) >= 11 is 0. The first kappa shape index (κ1) is 12.1. The summed E-state index contributed by atoms with van der Waals surface area (Å²) in [5.74, 6) is -1.28. The molecule has 2 unspecified atom stereocenters. The minimum atomic E-state index is -0.801. The highest BCUT2D eigenvalue weighted by atomic mass is 16.4.